The Morgan fingerprint density at radius 1 is 1.25 bits per heavy atom. The fraction of sp³-hybridized carbons (Fsp3) is 0.214. The van der Waals surface area contributed by atoms with Crippen molar-refractivity contribution in [1.29, 1.82) is 0 Å². The molecular weight excluding hydrogens is 276 g/mol. The van der Waals surface area contributed by atoms with Crippen LogP contribution in [-0.4, -0.2) is 26.4 Å². The van der Waals surface area contributed by atoms with Crippen molar-refractivity contribution in [2.75, 3.05) is 6.61 Å². The summed E-state index contributed by atoms with van der Waals surface area (Å²) in [7, 11) is 0. The zero-order valence-corrected chi connectivity index (χ0v) is 11.7. The Bertz CT molecular complexity index is 741. The maximum Gasteiger partial charge on any atom is 0.159 e. The van der Waals surface area contributed by atoms with Crippen LogP contribution in [0.5, 0.6) is 0 Å². The summed E-state index contributed by atoms with van der Waals surface area (Å²) in [6.45, 7) is 2.87. The molecule has 102 valence electrons. The fourth-order valence-corrected chi connectivity index (χ4v) is 2.17. The third kappa shape index (κ3) is 2.50. The molecule has 3 aromatic rings. The van der Waals surface area contributed by atoms with E-state index < -0.39 is 0 Å². The number of ether oxygens (including phenoxy) is 1. The lowest BCUT2D eigenvalue weighted by atomic mass is 10.2. The lowest BCUT2D eigenvalue weighted by Gasteiger charge is -2.06. The number of halogens is 1. The summed E-state index contributed by atoms with van der Waals surface area (Å²) in [5, 5.41) is 5.78. The average Bonchev–Trinajstić information content (AvgIpc) is 2.88. The molecule has 0 saturated carbocycles. The molecule has 3 rings (SSSR count). The second kappa shape index (κ2) is 5.56. The molecule has 0 bridgehead atoms. The van der Waals surface area contributed by atoms with E-state index in [1.807, 2.05) is 31.2 Å². The Labute approximate surface area is 121 Å². The Morgan fingerprint density at radius 3 is 2.95 bits per heavy atom. The van der Waals surface area contributed by atoms with E-state index in [4.69, 9.17) is 16.3 Å². The molecule has 0 radical (unpaired) electrons. The highest BCUT2D eigenvalue weighted by Crippen LogP contribution is 2.18. The van der Waals surface area contributed by atoms with E-state index in [0.29, 0.717) is 30.0 Å². The quantitative estimate of drug-likeness (QED) is 0.693. The highest BCUT2D eigenvalue weighted by Gasteiger charge is 2.09. The Kier molecular flexibility index (Phi) is 3.62. The Balaban J connectivity index is 2.07. The highest BCUT2D eigenvalue weighted by atomic mass is 35.5. The summed E-state index contributed by atoms with van der Waals surface area (Å²) in [6.07, 6.45) is 1.80. The van der Waals surface area contributed by atoms with Crippen molar-refractivity contribution in [1.82, 2.24) is 19.7 Å². The monoisotopic (exact) mass is 288 g/mol. The molecule has 20 heavy (non-hydrogen) atoms. The standard InChI is InChI=1S/C14H13ClN4O/c1-2-20-9-13-17-12(15)7-14(18-13)19-11-6-4-3-5-10(11)8-16-19/h3-8H,2,9H2,1H3. The van der Waals surface area contributed by atoms with E-state index >= 15 is 0 Å². The first-order valence-electron chi connectivity index (χ1n) is 6.32. The van der Waals surface area contributed by atoms with Crippen LogP contribution < -0.4 is 0 Å². The van der Waals surface area contributed by atoms with Crippen molar-refractivity contribution >= 4 is 22.5 Å². The average molecular weight is 289 g/mol. The van der Waals surface area contributed by atoms with Crippen molar-refractivity contribution in [3.05, 3.63) is 47.5 Å². The second-order valence-electron chi connectivity index (χ2n) is 4.22. The van der Waals surface area contributed by atoms with E-state index in [2.05, 4.69) is 15.1 Å². The molecule has 0 aliphatic carbocycles. The summed E-state index contributed by atoms with van der Waals surface area (Å²) in [4.78, 5) is 8.59. The Hall–Kier alpha value is -1.98. The predicted molar refractivity (Wildman–Crippen MR) is 77.0 cm³/mol. The number of rotatable bonds is 4. The van der Waals surface area contributed by atoms with Gasteiger partial charge in [0.25, 0.3) is 0 Å². The lowest BCUT2D eigenvalue weighted by Crippen LogP contribution is -2.06. The SMILES string of the molecule is CCOCc1nc(Cl)cc(-n2ncc3ccccc32)n1. The van der Waals surface area contributed by atoms with Gasteiger partial charge in [-0.25, -0.2) is 14.6 Å². The van der Waals surface area contributed by atoms with E-state index in [1.165, 1.54) is 0 Å². The van der Waals surface area contributed by atoms with Gasteiger partial charge in [0.15, 0.2) is 11.6 Å². The summed E-state index contributed by atoms with van der Waals surface area (Å²) >= 11 is 6.05. The van der Waals surface area contributed by atoms with E-state index in [-0.39, 0.29) is 0 Å². The van der Waals surface area contributed by atoms with E-state index in [9.17, 15) is 0 Å². The molecule has 6 heteroatoms. The predicted octanol–water partition coefficient (Wildman–Crippen LogP) is 3.01. The first-order chi connectivity index (χ1) is 9.78. The van der Waals surface area contributed by atoms with E-state index in [0.717, 1.165) is 10.9 Å². The van der Waals surface area contributed by atoms with Gasteiger partial charge in [-0.2, -0.15) is 5.10 Å². The zero-order chi connectivity index (χ0) is 13.9. The van der Waals surface area contributed by atoms with Gasteiger partial charge in [0.2, 0.25) is 0 Å². The molecule has 0 unspecified atom stereocenters. The number of nitrogens with zero attached hydrogens (tertiary/aromatic N) is 4. The number of para-hydroxylation sites is 1. The molecule has 2 heterocycles. The van der Waals surface area contributed by atoms with Gasteiger partial charge in [-0.3, -0.25) is 0 Å². The first kappa shape index (κ1) is 13.0. The minimum absolute atomic E-state index is 0.337. The molecule has 0 amide bonds. The van der Waals surface area contributed by atoms with Gasteiger partial charge < -0.3 is 4.74 Å². The molecule has 0 spiro atoms. The van der Waals surface area contributed by atoms with Gasteiger partial charge >= 0.3 is 0 Å². The van der Waals surface area contributed by atoms with Crippen molar-refractivity contribution in [3.63, 3.8) is 0 Å². The lowest BCUT2D eigenvalue weighted by molar-refractivity contribution is 0.128. The largest absolute Gasteiger partial charge is 0.374 e. The molecule has 0 aliphatic heterocycles. The molecule has 0 saturated heterocycles. The molecule has 0 atom stereocenters. The van der Waals surface area contributed by atoms with Crippen LogP contribution in [0.3, 0.4) is 0 Å². The minimum Gasteiger partial charge on any atom is -0.374 e. The molecule has 5 nitrogen and oxygen atoms in total. The van der Waals surface area contributed by atoms with Gasteiger partial charge in [0, 0.05) is 18.1 Å². The maximum absolute atomic E-state index is 6.05. The fourth-order valence-electron chi connectivity index (χ4n) is 1.97. The van der Waals surface area contributed by atoms with Crippen LogP contribution >= 0.6 is 11.6 Å². The number of hydrogen-bond acceptors (Lipinski definition) is 4. The molecule has 0 N–H and O–H groups in total. The van der Waals surface area contributed by atoms with Crippen LogP contribution in [0.2, 0.25) is 5.15 Å². The van der Waals surface area contributed by atoms with Crippen LogP contribution in [-0.2, 0) is 11.3 Å². The van der Waals surface area contributed by atoms with Crippen LogP contribution in [0.4, 0.5) is 0 Å². The smallest absolute Gasteiger partial charge is 0.159 e. The number of aromatic nitrogens is 4. The van der Waals surface area contributed by atoms with E-state index in [1.54, 1.807) is 16.9 Å². The van der Waals surface area contributed by atoms with Crippen molar-refractivity contribution in [3.8, 4) is 5.82 Å². The summed E-state index contributed by atoms with van der Waals surface area (Å²) in [5.41, 5.74) is 0.977. The van der Waals surface area contributed by atoms with Gasteiger partial charge in [0.1, 0.15) is 11.8 Å². The topological polar surface area (TPSA) is 52.8 Å². The third-order valence-electron chi connectivity index (χ3n) is 2.86. The number of hydrogen-bond donors (Lipinski definition) is 0. The van der Waals surface area contributed by atoms with Gasteiger partial charge in [-0.1, -0.05) is 29.8 Å². The third-order valence-corrected chi connectivity index (χ3v) is 3.05. The maximum atomic E-state index is 6.05. The minimum atomic E-state index is 0.337. The molecule has 0 aliphatic rings. The van der Waals surface area contributed by atoms with Crippen LogP contribution in [0.25, 0.3) is 16.7 Å². The van der Waals surface area contributed by atoms with Crippen molar-refractivity contribution < 1.29 is 4.74 Å². The zero-order valence-electron chi connectivity index (χ0n) is 11.0. The van der Waals surface area contributed by atoms with Crippen LogP contribution in [0, 0.1) is 0 Å². The van der Waals surface area contributed by atoms with Gasteiger partial charge in [-0.15, -0.1) is 0 Å². The second-order valence-corrected chi connectivity index (χ2v) is 4.60. The molecule has 1 aromatic carbocycles. The molecule has 2 aromatic heterocycles. The summed E-state index contributed by atoms with van der Waals surface area (Å²) in [6, 6.07) is 9.62. The highest BCUT2D eigenvalue weighted by molar-refractivity contribution is 6.29. The molecular formula is C14H13ClN4O. The van der Waals surface area contributed by atoms with Crippen molar-refractivity contribution in [2.24, 2.45) is 0 Å². The normalized spacial score (nSPS) is 11.1. The number of benzene rings is 1. The molecule has 0 fully saturated rings. The van der Waals surface area contributed by atoms with Gasteiger partial charge in [0.05, 0.1) is 11.7 Å². The Morgan fingerprint density at radius 2 is 2.10 bits per heavy atom. The summed E-state index contributed by atoms with van der Waals surface area (Å²) < 4.78 is 7.07. The van der Waals surface area contributed by atoms with Crippen LogP contribution in [0.1, 0.15) is 12.7 Å². The van der Waals surface area contributed by atoms with Crippen molar-refractivity contribution in [2.45, 2.75) is 13.5 Å². The first-order valence-corrected chi connectivity index (χ1v) is 6.70. The summed E-state index contributed by atoms with van der Waals surface area (Å²) in [5.74, 6) is 1.19. The van der Waals surface area contributed by atoms with Gasteiger partial charge in [-0.05, 0) is 13.0 Å². The van der Waals surface area contributed by atoms with Crippen LogP contribution in [0.15, 0.2) is 36.5 Å². The number of fused-ring (bicyclic) bond motifs is 1.